The molecule has 0 heterocycles. The molecule has 5 heteroatoms. The second-order valence-electron chi connectivity index (χ2n) is 5.83. The van der Waals surface area contributed by atoms with E-state index in [-0.39, 0.29) is 30.3 Å². The Morgan fingerprint density at radius 1 is 0.913 bits per heavy atom. The van der Waals surface area contributed by atoms with Crippen LogP contribution in [0.2, 0.25) is 0 Å². The van der Waals surface area contributed by atoms with Crippen molar-refractivity contribution in [3.8, 4) is 0 Å². The van der Waals surface area contributed by atoms with E-state index in [2.05, 4.69) is 10.6 Å². The molecule has 2 atom stereocenters. The number of para-hydroxylation sites is 1. The van der Waals surface area contributed by atoms with Crippen molar-refractivity contribution in [2.75, 3.05) is 10.6 Å². The van der Waals surface area contributed by atoms with Gasteiger partial charge in [0.15, 0.2) is 0 Å². The SMILES string of the molecule is Cl.NC1CCC(C(=O)Nc2ccc(Nc3ccccc3)cc2)C1. The van der Waals surface area contributed by atoms with Gasteiger partial charge in [-0.25, -0.2) is 0 Å². The topological polar surface area (TPSA) is 67.2 Å². The molecule has 2 unspecified atom stereocenters. The first-order chi connectivity index (χ1) is 10.7. The van der Waals surface area contributed by atoms with Gasteiger partial charge in [-0.1, -0.05) is 18.2 Å². The van der Waals surface area contributed by atoms with E-state index in [4.69, 9.17) is 5.73 Å². The summed E-state index contributed by atoms with van der Waals surface area (Å²) < 4.78 is 0. The smallest absolute Gasteiger partial charge is 0.227 e. The quantitative estimate of drug-likeness (QED) is 0.795. The summed E-state index contributed by atoms with van der Waals surface area (Å²) in [6, 6.07) is 17.9. The average molecular weight is 332 g/mol. The van der Waals surface area contributed by atoms with Crippen LogP contribution in [0.4, 0.5) is 17.1 Å². The van der Waals surface area contributed by atoms with Crippen LogP contribution in [0.1, 0.15) is 19.3 Å². The summed E-state index contributed by atoms with van der Waals surface area (Å²) in [6.45, 7) is 0. The highest BCUT2D eigenvalue weighted by Crippen LogP contribution is 2.26. The highest BCUT2D eigenvalue weighted by Gasteiger charge is 2.27. The number of benzene rings is 2. The molecular formula is C18H22ClN3O. The first-order valence-electron chi connectivity index (χ1n) is 7.69. The molecule has 2 aromatic carbocycles. The highest BCUT2D eigenvalue weighted by atomic mass is 35.5. The lowest BCUT2D eigenvalue weighted by molar-refractivity contribution is -0.119. The predicted molar refractivity (Wildman–Crippen MR) is 97.4 cm³/mol. The molecular weight excluding hydrogens is 310 g/mol. The normalized spacial score (nSPS) is 19.7. The number of nitrogens with one attached hydrogen (secondary N) is 2. The molecule has 1 saturated carbocycles. The van der Waals surface area contributed by atoms with E-state index >= 15 is 0 Å². The van der Waals surface area contributed by atoms with Crippen LogP contribution in [0.5, 0.6) is 0 Å². The van der Waals surface area contributed by atoms with E-state index in [1.165, 1.54) is 0 Å². The second-order valence-corrected chi connectivity index (χ2v) is 5.83. The molecule has 3 rings (SSSR count). The average Bonchev–Trinajstić information content (AvgIpc) is 2.97. The highest BCUT2D eigenvalue weighted by molar-refractivity contribution is 5.93. The van der Waals surface area contributed by atoms with Gasteiger partial charge in [-0.15, -0.1) is 12.4 Å². The molecule has 0 radical (unpaired) electrons. The maximum absolute atomic E-state index is 12.2. The summed E-state index contributed by atoms with van der Waals surface area (Å²) in [5.74, 6) is 0.133. The number of amides is 1. The van der Waals surface area contributed by atoms with Crippen molar-refractivity contribution >= 4 is 35.4 Å². The van der Waals surface area contributed by atoms with E-state index in [1.54, 1.807) is 0 Å². The number of halogens is 1. The Morgan fingerprint density at radius 2 is 1.52 bits per heavy atom. The Labute approximate surface area is 142 Å². The molecule has 0 saturated heterocycles. The molecule has 4 nitrogen and oxygen atoms in total. The maximum atomic E-state index is 12.2. The van der Waals surface area contributed by atoms with Crippen molar-refractivity contribution in [3.63, 3.8) is 0 Å². The van der Waals surface area contributed by atoms with E-state index in [0.717, 1.165) is 36.3 Å². The third kappa shape index (κ3) is 4.71. The van der Waals surface area contributed by atoms with Gasteiger partial charge < -0.3 is 16.4 Å². The van der Waals surface area contributed by atoms with E-state index in [9.17, 15) is 4.79 Å². The van der Waals surface area contributed by atoms with Crippen LogP contribution in [-0.4, -0.2) is 11.9 Å². The van der Waals surface area contributed by atoms with Gasteiger partial charge in [0, 0.05) is 29.0 Å². The van der Waals surface area contributed by atoms with Gasteiger partial charge >= 0.3 is 0 Å². The summed E-state index contributed by atoms with van der Waals surface area (Å²) in [5.41, 5.74) is 8.72. The molecule has 2 aromatic rings. The second kappa shape index (κ2) is 7.99. The van der Waals surface area contributed by atoms with Crippen molar-refractivity contribution in [2.45, 2.75) is 25.3 Å². The summed E-state index contributed by atoms with van der Waals surface area (Å²) in [7, 11) is 0. The summed E-state index contributed by atoms with van der Waals surface area (Å²) in [6.07, 6.45) is 2.62. The van der Waals surface area contributed by atoms with Crippen molar-refractivity contribution < 1.29 is 4.79 Å². The fraction of sp³-hybridized carbons (Fsp3) is 0.278. The van der Waals surface area contributed by atoms with Gasteiger partial charge in [0.1, 0.15) is 0 Å². The number of carbonyl (C=O) groups is 1. The molecule has 0 bridgehead atoms. The zero-order chi connectivity index (χ0) is 15.4. The number of anilines is 3. The van der Waals surface area contributed by atoms with Crippen molar-refractivity contribution in [1.82, 2.24) is 0 Å². The number of rotatable bonds is 4. The van der Waals surface area contributed by atoms with Crippen LogP contribution in [0.15, 0.2) is 54.6 Å². The molecule has 0 aromatic heterocycles. The molecule has 23 heavy (non-hydrogen) atoms. The minimum absolute atomic E-state index is 0. The van der Waals surface area contributed by atoms with Crippen LogP contribution in [0, 0.1) is 5.92 Å². The zero-order valence-electron chi connectivity index (χ0n) is 12.9. The van der Waals surface area contributed by atoms with Crippen LogP contribution < -0.4 is 16.4 Å². The van der Waals surface area contributed by atoms with Gasteiger partial charge in [-0.2, -0.15) is 0 Å². The standard InChI is InChI=1S/C18H21N3O.ClH/c19-14-7-6-13(12-14)18(22)21-17-10-8-16(9-11-17)20-15-4-2-1-3-5-15;/h1-5,8-11,13-14,20H,6-7,12,19H2,(H,21,22);1H. The van der Waals surface area contributed by atoms with Gasteiger partial charge in [0.05, 0.1) is 0 Å². The predicted octanol–water partition coefficient (Wildman–Crippen LogP) is 3.92. The molecule has 0 aliphatic heterocycles. The van der Waals surface area contributed by atoms with Gasteiger partial charge in [0.2, 0.25) is 5.91 Å². The molecule has 4 N–H and O–H groups in total. The van der Waals surface area contributed by atoms with Gasteiger partial charge in [-0.05, 0) is 55.7 Å². The third-order valence-corrected chi connectivity index (χ3v) is 4.06. The number of hydrogen-bond acceptors (Lipinski definition) is 3. The van der Waals surface area contributed by atoms with Gasteiger partial charge in [-0.3, -0.25) is 4.79 Å². The number of nitrogens with two attached hydrogens (primary N) is 1. The monoisotopic (exact) mass is 331 g/mol. The van der Waals surface area contributed by atoms with Crippen molar-refractivity contribution in [2.24, 2.45) is 11.7 Å². The Morgan fingerprint density at radius 3 is 2.13 bits per heavy atom. The fourth-order valence-electron chi connectivity index (χ4n) is 2.82. The van der Waals surface area contributed by atoms with E-state index < -0.39 is 0 Å². The summed E-state index contributed by atoms with van der Waals surface area (Å²) in [4.78, 5) is 12.2. The van der Waals surface area contributed by atoms with Crippen LogP contribution in [-0.2, 0) is 4.79 Å². The van der Waals surface area contributed by atoms with Crippen LogP contribution in [0.3, 0.4) is 0 Å². The van der Waals surface area contributed by atoms with Crippen molar-refractivity contribution in [3.05, 3.63) is 54.6 Å². The van der Waals surface area contributed by atoms with Crippen LogP contribution >= 0.6 is 12.4 Å². The maximum Gasteiger partial charge on any atom is 0.227 e. The molecule has 1 fully saturated rings. The Bertz CT molecular complexity index is 630. The van der Waals surface area contributed by atoms with Crippen molar-refractivity contribution in [1.29, 1.82) is 0 Å². The number of hydrogen-bond donors (Lipinski definition) is 3. The third-order valence-electron chi connectivity index (χ3n) is 4.06. The first kappa shape index (κ1) is 17.3. The Kier molecular flexibility index (Phi) is 6.02. The lowest BCUT2D eigenvalue weighted by Crippen LogP contribution is -2.23. The van der Waals surface area contributed by atoms with Gasteiger partial charge in [0.25, 0.3) is 0 Å². The summed E-state index contributed by atoms with van der Waals surface area (Å²) in [5, 5.41) is 6.29. The molecule has 1 aliphatic carbocycles. The van der Waals surface area contributed by atoms with Crippen LogP contribution in [0.25, 0.3) is 0 Å². The Hall–Kier alpha value is -2.04. The summed E-state index contributed by atoms with van der Waals surface area (Å²) >= 11 is 0. The lowest BCUT2D eigenvalue weighted by atomic mass is 10.1. The Balaban J connectivity index is 0.00000192. The fourth-order valence-corrected chi connectivity index (χ4v) is 2.82. The molecule has 1 amide bonds. The molecule has 122 valence electrons. The molecule has 0 spiro atoms. The minimum Gasteiger partial charge on any atom is -0.356 e. The molecule has 1 aliphatic rings. The largest absolute Gasteiger partial charge is 0.356 e. The zero-order valence-corrected chi connectivity index (χ0v) is 13.7. The van der Waals surface area contributed by atoms with E-state index in [1.807, 2.05) is 54.6 Å². The van der Waals surface area contributed by atoms with E-state index in [0.29, 0.717) is 0 Å². The first-order valence-corrected chi connectivity index (χ1v) is 7.69. The lowest BCUT2D eigenvalue weighted by Gasteiger charge is -2.12. The number of carbonyl (C=O) groups excluding carboxylic acids is 1. The minimum atomic E-state index is 0.